The third kappa shape index (κ3) is 6.30. The van der Waals surface area contributed by atoms with Crippen LogP contribution in [-0.2, 0) is 9.47 Å². The summed E-state index contributed by atoms with van der Waals surface area (Å²) in [6, 6.07) is -0.434. The van der Waals surface area contributed by atoms with Crippen molar-refractivity contribution in [2.75, 3.05) is 14.2 Å². The van der Waals surface area contributed by atoms with Gasteiger partial charge < -0.3 is 20.1 Å². The minimum Gasteiger partial charge on any atom is -0.354 e. The van der Waals surface area contributed by atoms with Crippen molar-refractivity contribution in [2.24, 2.45) is 0 Å². The highest BCUT2D eigenvalue weighted by molar-refractivity contribution is 5.74. The molecule has 0 saturated carbocycles. The van der Waals surface area contributed by atoms with Crippen LogP contribution in [0.25, 0.3) is 0 Å². The van der Waals surface area contributed by atoms with Gasteiger partial charge in [-0.05, 0) is 27.7 Å². The molecule has 0 saturated heterocycles. The second-order valence-corrected chi connectivity index (χ2v) is 4.48. The Balaban J connectivity index is 4.06. The highest BCUT2D eigenvalue weighted by Crippen LogP contribution is 2.01. The van der Waals surface area contributed by atoms with Gasteiger partial charge in [-0.25, -0.2) is 4.79 Å². The first-order valence-electron chi connectivity index (χ1n) is 4.94. The fourth-order valence-corrected chi connectivity index (χ4v) is 1.16. The van der Waals surface area contributed by atoms with Crippen LogP contribution in [0, 0.1) is 0 Å². The zero-order chi connectivity index (χ0) is 12.1. The minimum absolute atomic E-state index is 0.206. The predicted octanol–water partition coefficient (Wildman–Crippen LogP) is 1.09. The van der Waals surface area contributed by atoms with Crippen molar-refractivity contribution in [1.82, 2.24) is 10.6 Å². The fourth-order valence-electron chi connectivity index (χ4n) is 1.16. The SMILES string of the molecule is COC(OC)C(C)NC(=O)NC(C)(C)C. The summed E-state index contributed by atoms with van der Waals surface area (Å²) in [5, 5.41) is 5.53. The lowest BCUT2D eigenvalue weighted by Crippen LogP contribution is -2.52. The molecule has 2 amide bonds. The van der Waals surface area contributed by atoms with Gasteiger partial charge in [0.05, 0.1) is 6.04 Å². The van der Waals surface area contributed by atoms with Crippen LogP contribution in [0.15, 0.2) is 0 Å². The number of urea groups is 1. The molecule has 0 bridgehead atoms. The van der Waals surface area contributed by atoms with Crippen molar-refractivity contribution >= 4 is 6.03 Å². The monoisotopic (exact) mass is 218 g/mol. The predicted molar refractivity (Wildman–Crippen MR) is 58.7 cm³/mol. The second-order valence-electron chi connectivity index (χ2n) is 4.48. The Morgan fingerprint density at radius 3 is 2.00 bits per heavy atom. The Kier molecular flexibility index (Phi) is 5.60. The molecule has 0 rings (SSSR count). The molecular formula is C10H22N2O3. The first kappa shape index (κ1) is 14.2. The van der Waals surface area contributed by atoms with Crippen LogP contribution in [0.1, 0.15) is 27.7 Å². The zero-order valence-corrected chi connectivity index (χ0v) is 10.4. The van der Waals surface area contributed by atoms with Gasteiger partial charge in [0.25, 0.3) is 0 Å². The zero-order valence-electron chi connectivity index (χ0n) is 10.4. The maximum absolute atomic E-state index is 11.5. The molecule has 0 aromatic heterocycles. The Labute approximate surface area is 91.5 Å². The Morgan fingerprint density at radius 1 is 1.20 bits per heavy atom. The van der Waals surface area contributed by atoms with Crippen molar-refractivity contribution in [1.29, 1.82) is 0 Å². The molecule has 1 unspecified atom stereocenters. The van der Waals surface area contributed by atoms with Gasteiger partial charge in [-0.15, -0.1) is 0 Å². The van der Waals surface area contributed by atoms with Crippen LogP contribution in [-0.4, -0.2) is 38.1 Å². The quantitative estimate of drug-likeness (QED) is 0.694. The molecule has 0 fully saturated rings. The molecule has 0 aromatic rings. The Hall–Kier alpha value is -0.810. The molecular weight excluding hydrogens is 196 g/mol. The molecule has 0 aliphatic rings. The molecule has 0 radical (unpaired) electrons. The third-order valence-electron chi connectivity index (χ3n) is 1.72. The van der Waals surface area contributed by atoms with E-state index in [1.807, 2.05) is 27.7 Å². The van der Waals surface area contributed by atoms with E-state index in [1.165, 1.54) is 14.2 Å². The molecule has 5 nitrogen and oxygen atoms in total. The van der Waals surface area contributed by atoms with Crippen molar-refractivity contribution in [2.45, 2.75) is 45.6 Å². The molecule has 15 heavy (non-hydrogen) atoms. The number of carbonyl (C=O) groups is 1. The molecule has 5 heteroatoms. The normalized spacial score (nSPS) is 13.8. The standard InChI is InChI=1S/C10H22N2O3/c1-7(8(14-5)15-6)11-9(13)12-10(2,3)4/h7-8H,1-6H3,(H2,11,12,13). The van der Waals surface area contributed by atoms with Crippen LogP contribution in [0.5, 0.6) is 0 Å². The van der Waals surface area contributed by atoms with Crippen molar-refractivity contribution < 1.29 is 14.3 Å². The number of hydrogen-bond acceptors (Lipinski definition) is 3. The molecule has 90 valence electrons. The first-order chi connectivity index (χ1) is 6.80. The topological polar surface area (TPSA) is 59.6 Å². The number of ether oxygens (including phenoxy) is 2. The summed E-state index contributed by atoms with van der Waals surface area (Å²) in [7, 11) is 3.07. The van der Waals surface area contributed by atoms with E-state index in [2.05, 4.69) is 10.6 Å². The van der Waals surface area contributed by atoms with Crippen molar-refractivity contribution in [3.05, 3.63) is 0 Å². The average Bonchev–Trinajstić information content (AvgIpc) is 2.02. The number of rotatable bonds is 4. The number of methoxy groups -OCH3 is 2. The molecule has 0 aliphatic heterocycles. The Morgan fingerprint density at radius 2 is 1.67 bits per heavy atom. The fraction of sp³-hybridized carbons (Fsp3) is 0.900. The van der Waals surface area contributed by atoms with Crippen LogP contribution >= 0.6 is 0 Å². The highest BCUT2D eigenvalue weighted by atomic mass is 16.7. The van der Waals surface area contributed by atoms with Gasteiger partial charge in [-0.2, -0.15) is 0 Å². The highest BCUT2D eigenvalue weighted by Gasteiger charge is 2.20. The van der Waals surface area contributed by atoms with E-state index in [-0.39, 0.29) is 17.6 Å². The maximum Gasteiger partial charge on any atom is 0.315 e. The lowest BCUT2D eigenvalue weighted by Gasteiger charge is -2.25. The van der Waals surface area contributed by atoms with Gasteiger partial charge in [0, 0.05) is 19.8 Å². The second kappa shape index (κ2) is 5.92. The maximum atomic E-state index is 11.5. The van der Waals surface area contributed by atoms with E-state index in [1.54, 1.807) is 0 Å². The molecule has 0 aliphatic carbocycles. The van der Waals surface area contributed by atoms with E-state index in [4.69, 9.17) is 9.47 Å². The smallest absolute Gasteiger partial charge is 0.315 e. The Bertz CT molecular complexity index is 197. The van der Waals surface area contributed by atoms with E-state index in [0.29, 0.717) is 0 Å². The molecule has 0 aromatic carbocycles. The minimum atomic E-state index is -0.435. The van der Waals surface area contributed by atoms with Gasteiger partial charge in [0.2, 0.25) is 0 Å². The van der Waals surface area contributed by atoms with Crippen LogP contribution in [0.2, 0.25) is 0 Å². The van der Waals surface area contributed by atoms with Crippen molar-refractivity contribution in [3.8, 4) is 0 Å². The molecule has 0 heterocycles. The number of hydrogen-bond donors (Lipinski definition) is 2. The molecule has 2 N–H and O–H groups in total. The number of nitrogens with one attached hydrogen (secondary N) is 2. The van der Waals surface area contributed by atoms with Crippen LogP contribution in [0.3, 0.4) is 0 Å². The van der Waals surface area contributed by atoms with Crippen LogP contribution < -0.4 is 10.6 Å². The molecule has 1 atom stereocenters. The third-order valence-corrected chi connectivity index (χ3v) is 1.72. The van der Waals surface area contributed by atoms with Crippen molar-refractivity contribution in [3.63, 3.8) is 0 Å². The van der Waals surface area contributed by atoms with E-state index < -0.39 is 6.29 Å². The molecule has 0 spiro atoms. The van der Waals surface area contributed by atoms with Gasteiger partial charge >= 0.3 is 6.03 Å². The van der Waals surface area contributed by atoms with Gasteiger partial charge in [-0.1, -0.05) is 0 Å². The lowest BCUT2D eigenvalue weighted by molar-refractivity contribution is -0.117. The van der Waals surface area contributed by atoms with Gasteiger partial charge in [-0.3, -0.25) is 0 Å². The average molecular weight is 218 g/mol. The van der Waals surface area contributed by atoms with Gasteiger partial charge in [0.1, 0.15) is 0 Å². The largest absolute Gasteiger partial charge is 0.354 e. The first-order valence-corrected chi connectivity index (χ1v) is 4.94. The van der Waals surface area contributed by atoms with E-state index in [0.717, 1.165) is 0 Å². The summed E-state index contributed by atoms with van der Waals surface area (Å²) in [6.07, 6.45) is -0.435. The van der Waals surface area contributed by atoms with E-state index in [9.17, 15) is 4.79 Å². The van der Waals surface area contributed by atoms with Crippen LogP contribution in [0.4, 0.5) is 4.79 Å². The number of carbonyl (C=O) groups excluding carboxylic acids is 1. The summed E-state index contributed by atoms with van der Waals surface area (Å²) in [5.74, 6) is 0. The van der Waals surface area contributed by atoms with Gasteiger partial charge in [0.15, 0.2) is 6.29 Å². The summed E-state index contributed by atoms with van der Waals surface area (Å²) in [6.45, 7) is 7.57. The summed E-state index contributed by atoms with van der Waals surface area (Å²) in [4.78, 5) is 11.5. The summed E-state index contributed by atoms with van der Waals surface area (Å²) in [5.41, 5.74) is -0.251. The number of amides is 2. The van der Waals surface area contributed by atoms with E-state index >= 15 is 0 Å². The summed E-state index contributed by atoms with van der Waals surface area (Å²) >= 11 is 0. The lowest BCUT2D eigenvalue weighted by atomic mass is 10.1. The summed E-state index contributed by atoms with van der Waals surface area (Å²) < 4.78 is 10.1.